The molecule has 0 aromatic heterocycles. The zero-order chi connectivity index (χ0) is 16.9. The van der Waals surface area contributed by atoms with Gasteiger partial charge in [-0.05, 0) is 24.3 Å². The van der Waals surface area contributed by atoms with Gasteiger partial charge in [0.15, 0.2) is 0 Å². The number of ether oxygens (including phenoxy) is 1. The third-order valence-corrected chi connectivity index (χ3v) is 4.33. The molecule has 0 bridgehead atoms. The first kappa shape index (κ1) is 16.5. The Kier molecular flexibility index (Phi) is 5.11. The average Bonchev–Trinajstić information content (AvgIpc) is 2.64. The lowest BCUT2D eigenvalue weighted by atomic mass is 10.2. The number of hydrogen-bond acceptors (Lipinski definition) is 3. The molecule has 1 aliphatic rings. The summed E-state index contributed by atoms with van der Waals surface area (Å²) >= 11 is 5.95. The number of urea groups is 1. The molecule has 0 unspecified atom stereocenters. The van der Waals surface area contributed by atoms with Crippen molar-refractivity contribution in [1.29, 1.82) is 0 Å². The number of para-hydroxylation sites is 1. The maximum atomic E-state index is 12.5. The highest BCUT2D eigenvalue weighted by Crippen LogP contribution is 2.28. The average molecular weight is 346 g/mol. The minimum absolute atomic E-state index is 0.122. The van der Waals surface area contributed by atoms with Crippen LogP contribution < -0.4 is 15.0 Å². The van der Waals surface area contributed by atoms with Gasteiger partial charge in [-0.3, -0.25) is 0 Å². The monoisotopic (exact) mass is 345 g/mol. The van der Waals surface area contributed by atoms with Gasteiger partial charge in [0.2, 0.25) is 0 Å². The standard InChI is InChI=1S/C18H20ClN3O2/c1-24-17-13-14(19)7-8-16(17)20-18(23)22-11-9-21(10-12-22)15-5-3-2-4-6-15/h2-8,13H,9-12H2,1H3,(H,20,23). The normalized spacial score (nSPS) is 14.4. The second-order valence-corrected chi connectivity index (χ2v) is 6.02. The fourth-order valence-corrected chi connectivity index (χ4v) is 2.93. The number of nitrogens with zero attached hydrogens (tertiary/aromatic N) is 2. The van der Waals surface area contributed by atoms with Crippen LogP contribution in [-0.4, -0.2) is 44.2 Å². The first-order chi connectivity index (χ1) is 11.7. The molecule has 1 saturated heterocycles. The quantitative estimate of drug-likeness (QED) is 0.922. The molecule has 0 aliphatic carbocycles. The number of carbonyl (C=O) groups excluding carboxylic acids is 1. The zero-order valence-electron chi connectivity index (χ0n) is 13.5. The summed E-state index contributed by atoms with van der Waals surface area (Å²) in [7, 11) is 1.56. The highest BCUT2D eigenvalue weighted by Gasteiger charge is 2.22. The van der Waals surface area contributed by atoms with E-state index < -0.39 is 0 Å². The van der Waals surface area contributed by atoms with Crippen LogP contribution >= 0.6 is 11.6 Å². The van der Waals surface area contributed by atoms with E-state index in [1.165, 1.54) is 5.69 Å². The number of anilines is 2. The van der Waals surface area contributed by atoms with E-state index in [9.17, 15) is 4.79 Å². The van der Waals surface area contributed by atoms with Crippen LogP contribution in [0.15, 0.2) is 48.5 Å². The molecule has 24 heavy (non-hydrogen) atoms. The molecule has 3 rings (SSSR count). The molecule has 0 spiro atoms. The predicted molar refractivity (Wildman–Crippen MR) is 97.3 cm³/mol. The van der Waals surface area contributed by atoms with Crippen LogP contribution in [0.2, 0.25) is 5.02 Å². The van der Waals surface area contributed by atoms with Crippen molar-refractivity contribution in [3.05, 3.63) is 53.6 Å². The SMILES string of the molecule is COc1cc(Cl)ccc1NC(=O)N1CCN(c2ccccc2)CC1. The fourth-order valence-electron chi connectivity index (χ4n) is 2.77. The highest BCUT2D eigenvalue weighted by molar-refractivity contribution is 6.30. The van der Waals surface area contributed by atoms with Gasteiger partial charge < -0.3 is 19.9 Å². The summed E-state index contributed by atoms with van der Waals surface area (Å²) in [4.78, 5) is 16.6. The summed E-state index contributed by atoms with van der Waals surface area (Å²) in [5.74, 6) is 0.554. The summed E-state index contributed by atoms with van der Waals surface area (Å²) in [5.41, 5.74) is 1.81. The Labute approximate surface area is 146 Å². The predicted octanol–water partition coefficient (Wildman–Crippen LogP) is 3.70. The number of piperazine rings is 1. The summed E-state index contributed by atoms with van der Waals surface area (Å²) in [6.45, 7) is 2.98. The number of benzene rings is 2. The zero-order valence-corrected chi connectivity index (χ0v) is 14.3. The molecule has 6 heteroatoms. The largest absolute Gasteiger partial charge is 0.495 e. The van der Waals surface area contributed by atoms with Crippen molar-refractivity contribution in [3.63, 3.8) is 0 Å². The van der Waals surface area contributed by atoms with Crippen LogP contribution in [0.5, 0.6) is 5.75 Å². The number of amides is 2. The Balaban J connectivity index is 1.60. The molecular weight excluding hydrogens is 326 g/mol. The second-order valence-electron chi connectivity index (χ2n) is 5.58. The van der Waals surface area contributed by atoms with E-state index in [1.54, 1.807) is 25.3 Å². The van der Waals surface area contributed by atoms with Crippen molar-refractivity contribution >= 4 is 29.0 Å². The lowest BCUT2D eigenvalue weighted by molar-refractivity contribution is 0.208. The fraction of sp³-hybridized carbons (Fsp3) is 0.278. The first-order valence-corrected chi connectivity index (χ1v) is 8.24. The summed E-state index contributed by atoms with van der Waals surface area (Å²) in [6, 6.07) is 15.3. The Hall–Kier alpha value is -2.40. The molecule has 0 atom stereocenters. The molecule has 5 nitrogen and oxygen atoms in total. The number of nitrogens with one attached hydrogen (secondary N) is 1. The lowest BCUT2D eigenvalue weighted by Gasteiger charge is -2.36. The summed E-state index contributed by atoms with van der Waals surface area (Å²) in [6.07, 6.45) is 0. The second kappa shape index (κ2) is 7.45. The van der Waals surface area contributed by atoms with E-state index in [0.29, 0.717) is 29.5 Å². The van der Waals surface area contributed by atoms with Crippen molar-refractivity contribution in [1.82, 2.24) is 4.90 Å². The Bertz CT molecular complexity index is 701. The Morgan fingerprint density at radius 2 is 1.79 bits per heavy atom. The van der Waals surface area contributed by atoms with Gasteiger partial charge in [0, 0.05) is 43.0 Å². The number of carbonyl (C=O) groups is 1. The van der Waals surface area contributed by atoms with Crippen molar-refractivity contribution in [2.45, 2.75) is 0 Å². The molecular formula is C18H20ClN3O2. The van der Waals surface area contributed by atoms with E-state index in [1.807, 2.05) is 23.1 Å². The molecule has 2 aromatic carbocycles. The molecule has 126 valence electrons. The van der Waals surface area contributed by atoms with Gasteiger partial charge in [-0.1, -0.05) is 29.8 Å². The Morgan fingerprint density at radius 3 is 2.46 bits per heavy atom. The molecule has 1 fully saturated rings. The van der Waals surface area contributed by atoms with Crippen molar-refractivity contribution in [2.75, 3.05) is 43.5 Å². The van der Waals surface area contributed by atoms with Gasteiger partial charge in [0.1, 0.15) is 5.75 Å². The minimum Gasteiger partial charge on any atom is -0.495 e. The maximum absolute atomic E-state index is 12.5. The van der Waals surface area contributed by atoms with Crippen LogP contribution in [0, 0.1) is 0 Å². The van der Waals surface area contributed by atoms with Gasteiger partial charge in [-0.25, -0.2) is 4.79 Å². The summed E-state index contributed by atoms with van der Waals surface area (Å²) < 4.78 is 5.26. The number of hydrogen-bond donors (Lipinski definition) is 1. The smallest absolute Gasteiger partial charge is 0.322 e. The van der Waals surface area contributed by atoms with Gasteiger partial charge in [0.05, 0.1) is 12.8 Å². The maximum Gasteiger partial charge on any atom is 0.322 e. The van der Waals surface area contributed by atoms with E-state index in [0.717, 1.165) is 13.1 Å². The highest BCUT2D eigenvalue weighted by atomic mass is 35.5. The van der Waals surface area contributed by atoms with Crippen LogP contribution in [0.25, 0.3) is 0 Å². The van der Waals surface area contributed by atoms with E-state index >= 15 is 0 Å². The van der Waals surface area contributed by atoms with Crippen LogP contribution in [0.4, 0.5) is 16.2 Å². The van der Waals surface area contributed by atoms with E-state index in [4.69, 9.17) is 16.3 Å². The number of rotatable bonds is 3. The van der Waals surface area contributed by atoms with E-state index in [2.05, 4.69) is 22.3 Å². The number of halogens is 1. The van der Waals surface area contributed by atoms with Crippen LogP contribution in [0.3, 0.4) is 0 Å². The third kappa shape index (κ3) is 3.74. The van der Waals surface area contributed by atoms with E-state index in [-0.39, 0.29) is 6.03 Å². The summed E-state index contributed by atoms with van der Waals surface area (Å²) in [5, 5.41) is 3.47. The third-order valence-electron chi connectivity index (χ3n) is 4.09. The van der Waals surface area contributed by atoms with Crippen LogP contribution in [0.1, 0.15) is 0 Å². The van der Waals surface area contributed by atoms with Gasteiger partial charge in [-0.2, -0.15) is 0 Å². The molecule has 1 heterocycles. The molecule has 0 saturated carbocycles. The van der Waals surface area contributed by atoms with Crippen molar-refractivity contribution in [2.24, 2.45) is 0 Å². The molecule has 1 aliphatic heterocycles. The van der Waals surface area contributed by atoms with Gasteiger partial charge >= 0.3 is 6.03 Å². The first-order valence-electron chi connectivity index (χ1n) is 7.87. The lowest BCUT2D eigenvalue weighted by Crippen LogP contribution is -2.50. The molecule has 2 aromatic rings. The van der Waals surface area contributed by atoms with Crippen molar-refractivity contribution < 1.29 is 9.53 Å². The van der Waals surface area contributed by atoms with Crippen molar-refractivity contribution in [3.8, 4) is 5.75 Å². The van der Waals surface area contributed by atoms with Crippen LogP contribution in [-0.2, 0) is 0 Å². The minimum atomic E-state index is -0.122. The molecule has 0 radical (unpaired) electrons. The van der Waals surface area contributed by atoms with Gasteiger partial charge in [0.25, 0.3) is 0 Å². The topological polar surface area (TPSA) is 44.8 Å². The molecule has 1 N–H and O–H groups in total. The Morgan fingerprint density at radius 1 is 1.08 bits per heavy atom. The van der Waals surface area contributed by atoms with Gasteiger partial charge in [-0.15, -0.1) is 0 Å². The molecule has 2 amide bonds. The number of methoxy groups -OCH3 is 1.